The van der Waals surface area contributed by atoms with E-state index in [1.165, 1.54) is 6.92 Å². The van der Waals surface area contributed by atoms with Crippen molar-refractivity contribution in [3.8, 4) is 0 Å². The average Bonchev–Trinajstić information content (AvgIpc) is 3.35. The minimum atomic E-state index is -1.57. The van der Waals surface area contributed by atoms with Crippen molar-refractivity contribution in [1.29, 1.82) is 0 Å². The second kappa shape index (κ2) is 14.0. The number of hydrogen-bond donors (Lipinski definition) is 7. The Balaban J connectivity index is 1.97. The standard InChI is InChI=1S/C24H34N6O8/c1-13(31)20(29-19(33)12-27-21(34)15(25)10-14-6-3-2-4-7-14)23(36)30-9-5-8-17(30)22(35)28-16(24(37)38)11-18(26)32/h2-4,6-7,13,15-17,20,31H,5,8-12,25H2,1H3,(H2,26,32)(H,27,34)(H,28,35)(H,29,33)(H,37,38)/t13-,15+,16+,17+,20+/m1/s1. The fraction of sp³-hybridized carbons (Fsp3) is 0.500. The largest absolute Gasteiger partial charge is 0.480 e. The van der Waals surface area contributed by atoms with Gasteiger partial charge in [-0.25, -0.2) is 4.79 Å². The third-order valence-corrected chi connectivity index (χ3v) is 5.98. The SMILES string of the molecule is C[C@@H](O)[C@H](NC(=O)CNC(=O)[C@@H](N)Cc1ccccc1)C(=O)N1CCC[C@H]1C(=O)N[C@@H](CC(N)=O)C(=O)O. The van der Waals surface area contributed by atoms with Crippen LogP contribution in [0, 0.1) is 0 Å². The molecule has 0 spiro atoms. The molecule has 0 saturated carbocycles. The predicted octanol–water partition coefficient (Wildman–Crippen LogP) is -3.03. The number of carbonyl (C=O) groups excluding carboxylic acids is 5. The summed E-state index contributed by atoms with van der Waals surface area (Å²) >= 11 is 0. The first-order valence-corrected chi connectivity index (χ1v) is 12.1. The van der Waals surface area contributed by atoms with Gasteiger partial charge in [0.05, 0.1) is 25.1 Å². The van der Waals surface area contributed by atoms with E-state index in [4.69, 9.17) is 11.5 Å². The molecule has 0 bridgehead atoms. The maximum atomic E-state index is 13.2. The highest BCUT2D eigenvalue weighted by molar-refractivity contribution is 5.95. The third-order valence-electron chi connectivity index (χ3n) is 5.98. The lowest BCUT2D eigenvalue weighted by molar-refractivity contribution is -0.146. The van der Waals surface area contributed by atoms with Crippen LogP contribution in [0.1, 0.15) is 31.7 Å². The molecule has 1 saturated heterocycles. The molecular weight excluding hydrogens is 500 g/mol. The van der Waals surface area contributed by atoms with Crippen molar-refractivity contribution in [1.82, 2.24) is 20.9 Å². The Hall–Kier alpha value is -4.04. The molecule has 0 aromatic heterocycles. The molecule has 1 fully saturated rings. The summed E-state index contributed by atoms with van der Waals surface area (Å²) in [7, 11) is 0. The lowest BCUT2D eigenvalue weighted by atomic mass is 10.1. The molecule has 0 unspecified atom stereocenters. The van der Waals surface area contributed by atoms with Crippen LogP contribution in [0.4, 0.5) is 0 Å². The zero-order valence-electron chi connectivity index (χ0n) is 21.0. The molecule has 208 valence electrons. The molecule has 1 aliphatic rings. The molecule has 14 heteroatoms. The van der Waals surface area contributed by atoms with Gasteiger partial charge < -0.3 is 42.5 Å². The molecule has 14 nitrogen and oxygen atoms in total. The summed E-state index contributed by atoms with van der Waals surface area (Å²) in [5.41, 5.74) is 11.8. The van der Waals surface area contributed by atoms with E-state index in [-0.39, 0.29) is 19.4 Å². The summed E-state index contributed by atoms with van der Waals surface area (Å²) in [6.45, 7) is 0.888. The average molecular weight is 535 g/mol. The van der Waals surface area contributed by atoms with E-state index in [1.54, 1.807) is 12.1 Å². The van der Waals surface area contributed by atoms with Crippen LogP contribution < -0.4 is 27.4 Å². The molecule has 0 aliphatic carbocycles. The minimum Gasteiger partial charge on any atom is -0.480 e. The van der Waals surface area contributed by atoms with Gasteiger partial charge in [-0.05, 0) is 31.7 Å². The number of aliphatic hydroxyl groups excluding tert-OH is 1. The van der Waals surface area contributed by atoms with E-state index in [2.05, 4.69) is 16.0 Å². The number of nitrogens with zero attached hydrogens (tertiary/aromatic N) is 1. The Bertz CT molecular complexity index is 1030. The maximum absolute atomic E-state index is 13.2. The normalized spacial score (nSPS) is 18.0. The van der Waals surface area contributed by atoms with E-state index in [0.717, 1.165) is 10.5 Å². The Labute approximate surface area is 219 Å². The van der Waals surface area contributed by atoms with Crippen LogP contribution in [0.3, 0.4) is 0 Å². The number of nitrogens with two attached hydrogens (primary N) is 2. The van der Waals surface area contributed by atoms with E-state index < -0.39 is 78.7 Å². The highest BCUT2D eigenvalue weighted by Crippen LogP contribution is 2.20. The molecule has 5 atom stereocenters. The fourth-order valence-corrected chi connectivity index (χ4v) is 4.02. The van der Waals surface area contributed by atoms with Crippen molar-refractivity contribution in [2.75, 3.05) is 13.1 Å². The molecule has 1 aliphatic heterocycles. The van der Waals surface area contributed by atoms with Gasteiger partial charge in [0.15, 0.2) is 0 Å². The van der Waals surface area contributed by atoms with Gasteiger partial charge in [0.25, 0.3) is 0 Å². The number of nitrogens with one attached hydrogen (secondary N) is 3. The number of carbonyl (C=O) groups is 6. The number of primary amides is 1. The molecule has 2 rings (SSSR count). The number of carboxylic acid groups (broad SMARTS) is 1. The number of carboxylic acids is 1. The Morgan fingerprint density at radius 2 is 1.76 bits per heavy atom. The molecule has 1 aromatic rings. The van der Waals surface area contributed by atoms with Gasteiger partial charge in [-0.2, -0.15) is 0 Å². The number of benzene rings is 1. The van der Waals surface area contributed by atoms with Crippen LogP contribution in [-0.2, 0) is 35.2 Å². The van der Waals surface area contributed by atoms with Crippen LogP contribution in [0.25, 0.3) is 0 Å². The topological polar surface area (TPSA) is 234 Å². The summed E-state index contributed by atoms with van der Waals surface area (Å²) < 4.78 is 0. The van der Waals surface area contributed by atoms with Crippen LogP contribution >= 0.6 is 0 Å². The lowest BCUT2D eigenvalue weighted by Gasteiger charge is -2.30. The van der Waals surface area contributed by atoms with Crippen LogP contribution in [0.2, 0.25) is 0 Å². The first-order valence-electron chi connectivity index (χ1n) is 12.1. The number of aliphatic carboxylic acids is 1. The van der Waals surface area contributed by atoms with Gasteiger partial charge in [0.1, 0.15) is 18.1 Å². The minimum absolute atomic E-state index is 0.120. The summed E-state index contributed by atoms with van der Waals surface area (Å²) in [6.07, 6.45) is -1.12. The Morgan fingerprint density at radius 1 is 1.11 bits per heavy atom. The van der Waals surface area contributed by atoms with Gasteiger partial charge in [-0.3, -0.25) is 24.0 Å². The molecule has 1 heterocycles. The second-order valence-corrected chi connectivity index (χ2v) is 9.06. The fourth-order valence-electron chi connectivity index (χ4n) is 4.02. The van der Waals surface area contributed by atoms with Crippen LogP contribution in [0.5, 0.6) is 0 Å². The number of aliphatic hydroxyl groups is 1. The number of hydrogen-bond acceptors (Lipinski definition) is 8. The zero-order chi connectivity index (χ0) is 28.4. The predicted molar refractivity (Wildman–Crippen MR) is 133 cm³/mol. The molecule has 0 radical (unpaired) electrons. The van der Waals surface area contributed by atoms with E-state index >= 15 is 0 Å². The van der Waals surface area contributed by atoms with Crippen LogP contribution in [0.15, 0.2) is 30.3 Å². The number of likely N-dealkylation sites (tertiary alicyclic amines) is 1. The number of amides is 5. The van der Waals surface area contributed by atoms with E-state index in [9.17, 15) is 39.0 Å². The van der Waals surface area contributed by atoms with Crippen molar-refractivity contribution in [2.24, 2.45) is 11.5 Å². The van der Waals surface area contributed by atoms with Crippen molar-refractivity contribution in [3.63, 3.8) is 0 Å². The number of rotatable bonds is 13. The first-order chi connectivity index (χ1) is 17.9. The second-order valence-electron chi connectivity index (χ2n) is 9.06. The monoisotopic (exact) mass is 534 g/mol. The van der Waals surface area contributed by atoms with Gasteiger partial charge in [-0.1, -0.05) is 30.3 Å². The molecule has 1 aromatic carbocycles. The molecular formula is C24H34N6O8. The molecule has 38 heavy (non-hydrogen) atoms. The highest BCUT2D eigenvalue weighted by Gasteiger charge is 2.40. The van der Waals surface area contributed by atoms with Crippen LogP contribution in [-0.4, -0.2) is 94.0 Å². The van der Waals surface area contributed by atoms with Crippen molar-refractivity contribution >= 4 is 35.5 Å². The maximum Gasteiger partial charge on any atom is 0.326 e. The van der Waals surface area contributed by atoms with Gasteiger partial charge in [-0.15, -0.1) is 0 Å². The quantitative estimate of drug-likeness (QED) is 0.136. The van der Waals surface area contributed by atoms with Crippen molar-refractivity contribution < 1.29 is 39.0 Å². The van der Waals surface area contributed by atoms with E-state index in [1.807, 2.05) is 18.2 Å². The zero-order valence-corrected chi connectivity index (χ0v) is 21.0. The van der Waals surface area contributed by atoms with E-state index in [0.29, 0.717) is 6.42 Å². The third kappa shape index (κ3) is 8.81. The van der Waals surface area contributed by atoms with Gasteiger partial charge in [0, 0.05) is 6.54 Å². The van der Waals surface area contributed by atoms with Gasteiger partial charge in [0.2, 0.25) is 29.5 Å². The Kier molecular flexibility index (Phi) is 11.2. The summed E-state index contributed by atoms with van der Waals surface area (Å²) in [6, 6.07) is 4.06. The Morgan fingerprint density at radius 3 is 2.34 bits per heavy atom. The summed E-state index contributed by atoms with van der Waals surface area (Å²) in [5.74, 6) is -5.31. The summed E-state index contributed by atoms with van der Waals surface area (Å²) in [5, 5.41) is 26.3. The first kappa shape index (κ1) is 30.2. The summed E-state index contributed by atoms with van der Waals surface area (Å²) in [4.78, 5) is 74.2. The molecule has 9 N–H and O–H groups in total. The van der Waals surface area contributed by atoms with Gasteiger partial charge >= 0.3 is 5.97 Å². The lowest BCUT2D eigenvalue weighted by Crippen LogP contribution is -2.59. The molecule has 5 amide bonds. The highest BCUT2D eigenvalue weighted by atomic mass is 16.4. The van der Waals surface area contributed by atoms with Crippen molar-refractivity contribution in [3.05, 3.63) is 35.9 Å². The van der Waals surface area contributed by atoms with Crippen molar-refractivity contribution in [2.45, 2.75) is 62.9 Å². The smallest absolute Gasteiger partial charge is 0.326 e.